The number of hydrogen-bond donors (Lipinski definition) is 1. The third kappa shape index (κ3) is 2.87. The zero-order valence-corrected chi connectivity index (χ0v) is 11.4. The van der Waals surface area contributed by atoms with E-state index in [2.05, 4.69) is 5.32 Å². The van der Waals surface area contributed by atoms with Crippen LogP contribution in [0.2, 0.25) is 0 Å². The van der Waals surface area contributed by atoms with E-state index in [0.29, 0.717) is 25.0 Å². The maximum absolute atomic E-state index is 13.9. The van der Waals surface area contributed by atoms with E-state index in [9.17, 15) is 22.0 Å². The molecule has 1 N–H and O–H groups in total. The van der Waals surface area contributed by atoms with Gasteiger partial charge in [-0.2, -0.15) is 0 Å². The zero-order chi connectivity index (χ0) is 14.4. The number of carbonyl (C=O) groups is 1. The summed E-state index contributed by atoms with van der Waals surface area (Å²) in [6.07, 6.45) is 1.41. The third-order valence-corrected chi connectivity index (χ3v) is 4.30. The van der Waals surface area contributed by atoms with Crippen molar-refractivity contribution in [2.24, 2.45) is 0 Å². The highest BCUT2D eigenvalue weighted by atomic mass is 35.7. The van der Waals surface area contributed by atoms with Crippen LogP contribution in [0.3, 0.4) is 0 Å². The van der Waals surface area contributed by atoms with Crippen LogP contribution in [-0.2, 0) is 9.05 Å². The predicted octanol–water partition coefficient (Wildman–Crippen LogP) is 2.17. The number of halogens is 3. The lowest BCUT2D eigenvalue weighted by Gasteiger charge is -2.13. The molecule has 0 aliphatic heterocycles. The van der Waals surface area contributed by atoms with Gasteiger partial charge in [0.2, 0.25) is 0 Å². The highest BCUT2D eigenvalue weighted by molar-refractivity contribution is 8.13. The molecule has 1 amide bonds. The molecule has 0 aromatic heterocycles. The number of nitrogens with one attached hydrogen (secondary N) is 1. The standard InChI is InChI=1S/C11H10ClF2NO3S/c1-11(4-5-11)15-10(16)8-6(13)2-3-7(9(8)14)19(12,17)18/h2-3H,4-5H2,1H3,(H,15,16). The second kappa shape index (κ2) is 4.42. The topological polar surface area (TPSA) is 63.2 Å². The quantitative estimate of drug-likeness (QED) is 0.870. The van der Waals surface area contributed by atoms with Gasteiger partial charge in [-0.05, 0) is 31.9 Å². The van der Waals surface area contributed by atoms with Gasteiger partial charge >= 0.3 is 0 Å². The molecule has 1 fully saturated rings. The maximum Gasteiger partial charge on any atom is 0.264 e. The zero-order valence-electron chi connectivity index (χ0n) is 9.84. The molecule has 0 saturated heterocycles. The molecule has 8 heteroatoms. The summed E-state index contributed by atoms with van der Waals surface area (Å²) in [7, 11) is 0.633. The Kier molecular flexibility index (Phi) is 3.30. The first-order valence-electron chi connectivity index (χ1n) is 5.39. The minimum Gasteiger partial charge on any atom is -0.347 e. The number of hydrogen-bond acceptors (Lipinski definition) is 3. The fourth-order valence-electron chi connectivity index (χ4n) is 1.58. The van der Waals surface area contributed by atoms with Gasteiger partial charge in [0.05, 0.1) is 0 Å². The summed E-state index contributed by atoms with van der Waals surface area (Å²) in [5.74, 6) is -3.60. The Bertz CT molecular complexity index is 656. The summed E-state index contributed by atoms with van der Waals surface area (Å²) in [5.41, 5.74) is -1.42. The van der Waals surface area contributed by atoms with Crippen molar-refractivity contribution in [3.05, 3.63) is 29.3 Å². The molecular formula is C11H10ClF2NO3S. The largest absolute Gasteiger partial charge is 0.347 e. The van der Waals surface area contributed by atoms with Crippen LogP contribution < -0.4 is 5.32 Å². The van der Waals surface area contributed by atoms with Crippen LogP contribution in [0.5, 0.6) is 0 Å². The van der Waals surface area contributed by atoms with Crippen molar-refractivity contribution in [3.63, 3.8) is 0 Å². The van der Waals surface area contributed by atoms with Crippen LogP contribution >= 0.6 is 10.7 Å². The fourth-order valence-corrected chi connectivity index (χ4v) is 2.48. The Morgan fingerprint density at radius 1 is 1.37 bits per heavy atom. The normalized spacial score (nSPS) is 17.1. The molecule has 1 aromatic rings. The second-order valence-corrected chi connectivity index (χ2v) is 7.22. The number of amides is 1. The van der Waals surface area contributed by atoms with E-state index in [1.807, 2.05) is 0 Å². The molecule has 2 rings (SSSR count). The minimum atomic E-state index is -4.38. The predicted molar refractivity (Wildman–Crippen MR) is 64.5 cm³/mol. The summed E-state index contributed by atoms with van der Waals surface area (Å²) in [6, 6.07) is 1.38. The number of rotatable bonds is 3. The van der Waals surface area contributed by atoms with E-state index in [0.717, 1.165) is 0 Å². The smallest absolute Gasteiger partial charge is 0.264 e. The molecule has 19 heavy (non-hydrogen) atoms. The molecule has 0 heterocycles. The Labute approximate surface area is 113 Å². The summed E-state index contributed by atoms with van der Waals surface area (Å²) < 4.78 is 49.7. The van der Waals surface area contributed by atoms with Gasteiger partial charge < -0.3 is 5.32 Å². The summed E-state index contributed by atoms with van der Waals surface area (Å²) in [4.78, 5) is 10.9. The summed E-state index contributed by atoms with van der Waals surface area (Å²) in [5, 5.41) is 2.45. The van der Waals surface area contributed by atoms with Crippen LogP contribution in [-0.4, -0.2) is 19.9 Å². The van der Waals surface area contributed by atoms with Gasteiger partial charge in [-0.15, -0.1) is 0 Å². The lowest BCUT2D eigenvalue weighted by atomic mass is 10.1. The molecule has 104 valence electrons. The lowest BCUT2D eigenvalue weighted by molar-refractivity contribution is 0.0926. The van der Waals surface area contributed by atoms with Gasteiger partial charge in [-0.3, -0.25) is 4.79 Å². The van der Waals surface area contributed by atoms with E-state index in [1.54, 1.807) is 6.92 Å². The Balaban J connectivity index is 2.47. The highest BCUT2D eigenvalue weighted by Crippen LogP contribution is 2.35. The molecule has 0 atom stereocenters. The first kappa shape index (κ1) is 14.2. The van der Waals surface area contributed by atoms with Crippen LogP contribution in [0, 0.1) is 11.6 Å². The van der Waals surface area contributed by atoms with Crippen molar-refractivity contribution in [1.29, 1.82) is 0 Å². The van der Waals surface area contributed by atoms with E-state index in [1.165, 1.54) is 0 Å². The molecule has 0 spiro atoms. The van der Waals surface area contributed by atoms with Crippen LogP contribution in [0.4, 0.5) is 8.78 Å². The third-order valence-electron chi connectivity index (χ3n) is 2.96. The maximum atomic E-state index is 13.9. The van der Waals surface area contributed by atoms with Gasteiger partial charge in [0.1, 0.15) is 16.3 Å². The van der Waals surface area contributed by atoms with E-state index in [-0.39, 0.29) is 0 Å². The molecule has 0 radical (unpaired) electrons. The molecule has 4 nitrogen and oxygen atoms in total. The molecule has 1 aliphatic carbocycles. The molecule has 0 unspecified atom stereocenters. The second-order valence-electron chi connectivity index (χ2n) is 4.69. The highest BCUT2D eigenvalue weighted by Gasteiger charge is 2.40. The van der Waals surface area contributed by atoms with E-state index >= 15 is 0 Å². The van der Waals surface area contributed by atoms with Crippen LogP contribution in [0.1, 0.15) is 30.1 Å². The lowest BCUT2D eigenvalue weighted by Crippen LogP contribution is -2.35. The van der Waals surface area contributed by atoms with Crippen LogP contribution in [0.25, 0.3) is 0 Å². The van der Waals surface area contributed by atoms with Crippen molar-refractivity contribution in [1.82, 2.24) is 5.32 Å². The van der Waals surface area contributed by atoms with Gasteiger partial charge in [-0.25, -0.2) is 17.2 Å². The first-order chi connectivity index (χ1) is 8.64. The van der Waals surface area contributed by atoms with Gasteiger partial charge in [0.25, 0.3) is 15.0 Å². The van der Waals surface area contributed by atoms with Crippen molar-refractivity contribution in [2.75, 3.05) is 0 Å². The van der Waals surface area contributed by atoms with Crippen molar-refractivity contribution in [3.8, 4) is 0 Å². The van der Waals surface area contributed by atoms with Gasteiger partial charge in [0, 0.05) is 16.2 Å². The average Bonchev–Trinajstić information content (AvgIpc) is 2.93. The monoisotopic (exact) mass is 309 g/mol. The van der Waals surface area contributed by atoms with Crippen molar-refractivity contribution in [2.45, 2.75) is 30.2 Å². The molecule has 1 saturated carbocycles. The summed E-state index contributed by atoms with van der Waals surface area (Å²) in [6.45, 7) is 1.73. The van der Waals surface area contributed by atoms with Gasteiger partial charge in [0.15, 0.2) is 5.82 Å². The van der Waals surface area contributed by atoms with Gasteiger partial charge in [-0.1, -0.05) is 0 Å². The molecule has 1 aromatic carbocycles. The molecule has 1 aliphatic rings. The fraction of sp³-hybridized carbons (Fsp3) is 0.364. The number of carbonyl (C=O) groups excluding carboxylic acids is 1. The Morgan fingerprint density at radius 2 is 1.95 bits per heavy atom. The Morgan fingerprint density at radius 3 is 2.42 bits per heavy atom. The van der Waals surface area contributed by atoms with Crippen molar-refractivity contribution < 1.29 is 22.0 Å². The summed E-state index contributed by atoms with van der Waals surface area (Å²) >= 11 is 0. The van der Waals surface area contributed by atoms with Crippen LogP contribution in [0.15, 0.2) is 17.0 Å². The first-order valence-corrected chi connectivity index (χ1v) is 7.70. The SMILES string of the molecule is CC1(NC(=O)c2c(F)ccc(S(=O)(=O)Cl)c2F)CC1. The minimum absolute atomic E-state index is 0.480. The Hall–Kier alpha value is -1.21. The molecular weight excluding hydrogens is 300 g/mol. The molecule has 0 bridgehead atoms. The number of benzene rings is 1. The average molecular weight is 310 g/mol. The van der Waals surface area contributed by atoms with E-state index < -0.39 is 42.6 Å². The van der Waals surface area contributed by atoms with Crippen molar-refractivity contribution >= 4 is 25.6 Å². The van der Waals surface area contributed by atoms with E-state index in [4.69, 9.17) is 10.7 Å².